The smallest absolute Gasteiger partial charge is 0.264 e. The summed E-state index contributed by atoms with van der Waals surface area (Å²) >= 11 is 1.44. The molecule has 2 N–H and O–H groups in total. The summed E-state index contributed by atoms with van der Waals surface area (Å²) in [5.74, 6) is 0.284. The van der Waals surface area contributed by atoms with E-state index >= 15 is 0 Å². The largest absolute Gasteiger partial charge is 0.338 e. The molecule has 1 amide bonds. The van der Waals surface area contributed by atoms with Gasteiger partial charge in [-0.1, -0.05) is 0 Å². The van der Waals surface area contributed by atoms with Gasteiger partial charge in [0.15, 0.2) is 0 Å². The second kappa shape index (κ2) is 7.05. The minimum Gasteiger partial charge on any atom is -0.338 e. The number of aromatic nitrogens is 2. The second-order valence-electron chi connectivity index (χ2n) is 7.29. The van der Waals surface area contributed by atoms with Crippen LogP contribution in [0.3, 0.4) is 0 Å². The predicted molar refractivity (Wildman–Crippen MR) is 106 cm³/mol. The molecule has 1 aromatic carbocycles. The summed E-state index contributed by atoms with van der Waals surface area (Å²) in [4.78, 5) is 16.5. The van der Waals surface area contributed by atoms with Crippen molar-refractivity contribution in [3.05, 3.63) is 46.7 Å². The zero-order chi connectivity index (χ0) is 19.1. The number of amides is 1. The molecule has 27 heavy (non-hydrogen) atoms. The molecule has 1 saturated heterocycles. The topological polar surface area (TPSA) is 64.2 Å². The van der Waals surface area contributed by atoms with Crippen molar-refractivity contribution in [1.82, 2.24) is 14.7 Å². The van der Waals surface area contributed by atoms with Crippen LogP contribution in [0.2, 0.25) is 0 Å². The number of halogens is 1. The van der Waals surface area contributed by atoms with Gasteiger partial charge in [0.05, 0.1) is 16.3 Å². The molecule has 3 aromatic rings. The lowest BCUT2D eigenvalue weighted by molar-refractivity contribution is 0.0686. The molecule has 7 heteroatoms. The third-order valence-electron chi connectivity index (χ3n) is 5.40. The first kappa shape index (κ1) is 18.1. The van der Waals surface area contributed by atoms with E-state index in [0.29, 0.717) is 5.92 Å². The number of benzene rings is 1. The highest BCUT2D eigenvalue weighted by Crippen LogP contribution is 2.32. The zero-order valence-corrected chi connectivity index (χ0v) is 16.3. The summed E-state index contributed by atoms with van der Waals surface area (Å²) in [6, 6.07) is 8.34. The Morgan fingerprint density at radius 2 is 1.96 bits per heavy atom. The van der Waals surface area contributed by atoms with Crippen LogP contribution in [0.4, 0.5) is 4.39 Å². The number of aryl methyl sites for hydroxylation is 1. The van der Waals surface area contributed by atoms with E-state index in [1.54, 1.807) is 16.8 Å². The van der Waals surface area contributed by atoms with Gasteiger partial charge in [0.2, 0.25) is 0 Å². The fourth-order valence-electron chi connectivity index (χ4n) is 3.69. The maximum Gasteiger partial charge on any atom is 0.264 e. The first-order valence-electron chi connectivity index (χ1n) is 9.24. The number of carbonyl (C=O) groups is 1. The molecule has 0 spiro atoms. The first-order valence-corrected chi connectivity index (χ1v) is 10.1. The van der Waals surface area contributed by atoms with Gasteiger partial charge in [-0.2, -0.15) is 5.10 Å². The van der Waals surface area contributed by atoms with E-state index in [0.717, 1.165) is 52.4 Å². The minimum atomic E-state index is -0.281. The summed E-state index contributed by atoms with van der Waals surface area (Å²) < 4.78 is 15.0. The van der Waals surface area contributed by atoms with E-state index in [-0.39, 0.29) is 17.8 Å². The van der Waals surface area contributed by atoms with Crippen molar-refractivity contribution in [3.63, 3.8) is 0 Å². The third kappa shape index (κ3) is 3.37. The summed E-state index contributed by atoms with van der Waals surface area (Å²) in [6.07, 6.45) is 1.91. The number of hydrogen-bond donors (Lipinski definition) is 1. The number of likely N-dealkylation sites (tertiary alicyclic amines) is 1. The third-order valence-corrected chi connectivity index (χ3v) is 6.50. The highest BCUT2D eigenvalue weighted by Gasteiger charge is 2.27. The zero-order valence-electron chi connectivity index (χ0n) is 15.5. The monoisotopic (exact) mass is 386 g/mol. The van der Waals surface area contributed by atoms with Gasteiger partial charge in [0, 0.05) is 24.5 Å². The van der Waals surface area contributed by atoms with Gasteiger partial charge in [0.25, 0.3) is 5.91 Å². The molecule has 1 aliphatic heterocycles. The molecule has 1 atom stereocenters. The Kier molecular flexibility index (Phi) is 4.74. The van der Waals surface area contributed by atoms with Crippen molar-refractivity contribution in [2.45, 2.75) is 32.7 Å². The number of thiophene rings is 1. The highest BCUT2D eigenvalue weighted by molar-refractivity contribution is 7.20. The van der Waals surface area contributed by atoms with Crippen molar-refractivity contribution >= 4 is 27.5 Å². The minimum absolute atomic E-state index is 0.0735. The van der Waals surface area contributed by atoms with Crippen LogP contribution in [0.5, 0.6) is 0 Å². The van der Waals surface area contributed by atoms with Crippen LogP contribution in [-0.4, -0.2) is 39.7 Å². The fourth-order valence-corrected chi connectivity index (χ4v) is 4.84. The molecule has 1 fully saturated rings. The van der Waals surface area contributed by atoms with E-state index in [1.165, 1.54) is 23.5 Å². The molecule has 1 aliphatic rings. The number of hydrogen-bond acceptors (Lipinski definition) is 4. The Hall–Kier alpha value is -2.25. The molecule has 2 aromatic heterocycles. The molecule has 3 heterocycles. The van der Waals surface area contributed by atoms with Gasteiger partial charge in [-0.05, 0) is 62.9 Å². The number of piperidine rings is 1. The lowest BCUT2D eigenvalue weighted by Crippen LogP contribution is -2.42. The van der Waals surface area contributed by atoms with Crippen LogP contribution in [0.15, 0.2) is 30.3 Å². The van der Waals surface area contributed by atoms with E-state index in [9.17, 15) is 9.18 Å². The quantitative estimate of drug-likeness (QED) is 0.746. The summed E-state index contributed by atoms with van der Waals surface area (Å²) in [7, 11) is 0. The number of nitrogens with two attached hydrogens (primary N) is 1. The Morgan fingerprint density at radius 1 is 1.30 bits per heavy atom. The average molecular weight is 386 g/mol. The Balaban J connectivity index is 1.61. The van der Waals surface area contributed by atoms with Crippen molar-refractivity contribution in [2.75, 3.05) is 13.1 Å². The van der Waals surface area contributed by atoms with Crippen LogP contribution >= 0.6 is 11.3 Å². The molecule has 4 rings (SSSR count). The van der Waals surface area contributed by atoms with Gasteiger partial charge in [0.1, 0.15) is 10.6 Å². The standard InChI is InChI=1S/C20H23FN4OS/c1-12(22)14-7-9-24(10-8-14)19(26)18-11-17-13(2)23-25(20(17)27-18)16-5-3-15(21)4-6-16/h3-6,11-12,14H,7-10,22H2,1-2H3. The molecular weight excluding hydrogens is 363 g/mol. The SMILES string of the molecule is Cc1nn(-c2ccc(F)cc2)c2sc(C(=O)N3CCC(C(C)N)CC3)cc12. The van der Waals surface area contributed by atoms with Crippen molar-refractivity contribution in [1.29, 1.82) is 0 Å². The molecule has 0 bridgehead atoms. The molecule has 1 unspecified atom stereocenters. The predicted octanol–water partition coefficient (Wildman–Crippen LogP) is 3.73. The van der Waals surface area contributed by atoms with Gasteiger partial charge < -0.3 is 10.6 Å². The Labute approximate surface area is 161 Å². The normalized spacial score (nSPS) is 16.8. The van der Waals surface area contributed by atoms with Crippen molar-refractivity contribution in [2.24, 2.45) is 11.7 Å². The molecule has 0 aliphatic carbocycles. The second-order valence-corrected chi connectivity index (χ2v) is 8.32. The molecule has 142 valence electrons. The van der Waals surface area contributed by atoms with Crippen LogP contribution in [0.1, 0.15) is 35.1 Å². The molecule has 5 nitrogen and oxygen atoms in total. The van der Waals surface area contributed by atoms with Crippen LogP contribution in [0, 0.1) is 18.7 Å². The van der Waals surface area contributed by atoms with Gasteiger partial charge in [-0.3, -0.25) is 4.79 Å². The summed E-state index contributed by atoms with van der Waals surface area (Å²) in [5.41, 5.74) is 7.65. The van der Waals surface area contributed by atoms with Gasteiger partial charge >= 0.3 is 0 Å². The average Bonchev–Trinajstić information content (AvgIpc) is 3.23. The Morgan fingerprint density at radius 3 is 2.59 bits per heavy atom. The summed E-state index contributed by atoms with van der Waals surface area (Å²) in [6.45, 7) is 5.47. The van der Waals surface area contributed by atoms with E-state index < -0.39 is 0 Å². The Bertz CT molecular complexity index is 968. The maximum absolute atomic E-state index is 13.2. The van der Waals surface area contributed by atoms with Gasteiger partial charge in [-0.25, -0.2) is 9.07 Å². The number of rotatable bonds is 3. The number of carbonyl (C=O) groups excluding carboxylic acids is 1. The lowest BCUT2D eigenvalue weighted by atomic mass is 9.91. The number of fused-ring (bicyclic) bond motifs is 1. The molecule has 0 saturated carbocycles. The first-order chi connectivity index (χ1) is 12.9. The van der Waals surface area contributed by atoms with Crippen LogP contribution < -0.4 is 5.73 Å². The van der Waals surface area contributed by atoms with Gasteiger partial charge in [-0.15, -0.1) is 11.3 Å². The van der Waals surface area contributed by atoms with E-state index in [1.807, 2.05) is 24.8 Å². The fraction of sp³-hybridized carbons (Fsp3) is 0.400. The maximum atomic E-state index is 13.2. The lowest BCUT2D eigenvalue weighted by Gasteiger charge is -2.33. The van der Waals surface area contributed by atoms with Crippen molar-refractivity contribution in [3.8, 4) is 5.69 Å². The summed E-state index contributed by atoms with van der Waals surface area (Å²) in [5, 5.41) is 5.53. The van der Waals surface area contributed by atoms with E-state index in [2.05, 4.69) is 5.10 Å². The molecular formula is C20H23FN4OS. The number of nitrogens with zero attached hydrogens (tertiary/aromatic N) is 3. The highest BCUT2D eigenvalue weighted by atomic mass is 32.1. The van der Waals surface area contributed by atoms with E-state index in [4.69, 9.17) is 5.73 Å². The molecule has 0 radical (unpaired) electrons. The van der Waals surface area contributed by atoms with Crippen LogP contribution in [0.25, 0.3) is 15.9 Å². The van der Waals surface area contributed by atoms with Crippen molar-refractivity contribution < 1.29 is 9.18 Å². The van der Waals surface area contributed by atoms with Crippen LogP contribution in [-0.2, 0) is 0 Å².